The molecule has 2 rings (SSSR count). The van der Waals surface area contributed by atoms with Gasteiger partial charge < -0.3 is 10.4 Å². The number of aliphatic carboxylic acids is 1. The zero-order chi connectivity index (χ0) is 19.2. The normalized spacial score (nSPS) is 21.7. The lowest BCUT2D eigenvalue weighted by atomic mass is 9.88. The van der Waals surface area contributed by atoms with Crippen LogP contribution in [0.3, 0.4) is 0 Å². The fraction of sp³-hybridized carbons (Fsp3) is 0.556. The third-order valence-electron chi connectivity index (χ3n) is 4.60. The lowest BCUT2D eigenvalue weighted by Crippen LogP contribution is -2.47. The number of carbonyl (C=O) groups is 2. The smallest absolute Gasteiger partial charge is 0.326 e. The highest BCUT2D eigenvalue weighted by molar-refractivity contribution is 7.90. The minimum Gasteiger partial charge on any atom is -0.480 e. The predicted octanol–water partition coefficient (Wildman–Crippen LogP) is 1.30. The molecule has 1 fully saturated rings. The van der Waals surface area contributed by atoms with Crippen LogP contribution in [0.5, 0.6) is 0 Å². The van der Waals surface area contributed by atoms with Crippen LogP contribution in [0, 0.1) is 5.92 Å². The second-order valence-corrected chi connectivity index (χ2v) is 8.74. The van der Waals surface area contributed by atoms with Gasteiger partial charge in [0.15, 0.2) is 0 Å². The van der Waals surface area contributed by atoms with E-state index in [1.54, 1.807) is 24.3 Å². The number of rotatable bonds is 8. The highest BCUT2D eigenvalue weighted by atomic mass is 32.2. The van der Waals surface area contributed by atoms with Gasteiger partial charge in [-0.1, -0.05) is 37.3 Å². The van der Waals surface area contributed by atoms with Crippen LogP contribution in [-0.2, 0) is 26.0 Å². The second-order valence-electron chi connectivity index (χ2n) is 6.98. The molecular formula is C18H26N2O5S. The van der Waals surface area contributed by atoms with Gasteiger partial charge in [-0.15, -0.1) is 0 Å². The van der Waals surface area contributed by atoms with Crippen LogP contribution in [0.25, 0.3) is 0 Å². The van der Waals surface area contributed by atoms with Crippen LogP contribution >= 0.6 is 0 Å². The molecular weight excluding hydrogens is 356 g/mol. The molecule has 0 bridgehead atoms. The first kappa shape index (κ1) is 20.4. The van der Waals surface area contributed by atoms with Gasteiger partial charge in [-0.2, -0.15) is 0 Å². The molecule has 26 heavy (non-hydrogen) atoms. The van der Waals surface area contributed by atoms with Crippen molar-refractivity contribution in [2.24, 2.45) is 5.92 Å². The molecule has 144 valence electrons. The Morgan fingerprint density at radius 3 is 2.35 bits per heavy atom. The van der Waals surface area contributed by atoms with Crippen LogP contribution in [0.15, 0.2) is 30.3 Å². The Bertz CT molecular complexity index is 712. The molecule has 0 aromatic heterocycles. The van der Waals surface area contributed by atoms with Crippen LogP contribution in [0.4, 0.5) is 0 Å². The van der Waals surface area contributed by atoms with Gasteiger partial charge in [0.2, 0.25) is 15.9 Å². The van der Waals surface area contributed by atoms with E-state index in [9.17, 15) is 23.1 Å². The number of carboxylic acids is 1. The average molecular weight is 382 g/mol. The molecule has 0 radical (unpaired) electrons. The number of sulfonamides is 1. The fourth-order valence-electron chi connectivity index (χ4n) is 3.13. The van der Waals surface area contributed by atoms with E-state index < -0.39 is 33.7 Å². The predicted molar refractivity (Wildman–Crippen MR) is 98.1 cm³/mol. The van der Waals surface area contributed by atoms with Gasteiger partial charge in [0, 0.05) is 12.5 Å². The van der Waals surface area contributed by atoms with E-state index in [-0.39, 0.29) is 12.5 Å². The van der Waals surface area contributed by atoms with E-state index in [0.717, 1.165) is 31.2 Å². The van der Waals surface area contributed by atoms with Crippen LogP contribution in [0.1, 0.15) is 38.2 Å². The van der Waals surface area contributed by atoms with Gasteiger partial charge in [-0.25, -0.2) is 17.9 Å². The average Bonchev–Trinajstić information content (AvgIpc) is 2.56. The summed E-state index contributed by atoms with van der Waals surface area (Å²) in [7, 11) is -3.80. The molecule has 0 aliphatic heterocycles. The molecule has 7 nitrogen and oxygen atoms in total. The molecule has 3 N–H and O–H groups in total. The lowest BCUT2D eigenvalue weighted by Gasteiger charge is -2.26. The minimum atomic E-state index is -3.80. The molecule has 1 saturated carbocycles. The van der Waals surface area contributed by atoms with Crippen molar-refractivity contribution < 1.29 is 23.1 Å². The van der Waals surface area contributed by atoms with E-state index in [2.05, 4.69) is 17.0 Å². The first-order valence-corrected chi connectivity index (χ1v) is 10.5. The molecule has 0 spiro atoms. The Morgan fingerprint density at radius 2 is 1.77 bits per heavy atom. The topological polar surface area (TPSA) is 113 Å². The van der Waals surface area contributed by atoms with Gasteiger partial charge in [0.05, 0.1) is 0 Å². The van der Waals surface area contributed by atoms with Crippen molar-refractivity contribution in [3.8, 4) is 0 Å². The Morgan fingerprint density at radius 1 is 1.15 bits per heavy atom. The number of hydrogen-bond donors (Lipinski definition) is 3. The Kier molecular flexibility index (Phi) is 7.16. The summed E-state index contributed by atoms with van der Waals surface area (Å²) in [4.78, 5) is 23.4. The SMILES string of the molecule is CC1CCC(NS(=O)(=O)CC(=O)N[C@@H](Cc2ccccc2)C(=O)O)CC1. The largest absolute Gasteiger partial charge is 0.480 e. The van der Waals surface area contributed by atoms with Crippen molar-refractivity contribution in [1.82, 2.24) is 10.0 Å². The zero-order valence-corrected chi connectivity index (χ0v) is 15.7. The highest BCUT2D eigenvalue weighted by Gasteiger charge is 2.27. The molecule has 1 aromatic rings. The first-order chi connectivity index (χ1) is 12.2. The number of carboxylic acid groups (broad SMARTS) is 1. The number of carbonyl (C=O) groups excluding carboxylic acids is 1. The number of amides is 1. The maximum absolute atomic E-state index is 12.2. The molecule has 1 atom stereocenters. The van der Waals surface area contributed by atoms with Crippen molar-refractivity contribution in [2.75, 3.05) is 5.75 Å². The lowest BCUT2D eigenvalue weighted by molar-refractivity contribution is -0.141. The van der Waals surface area contributed by atoms with E-state index in [1.165, 1.54) is 0 Å². The summed E-state index contributed by atoms with van der Waals surface area (Å²) in [6.07, 6.45) is 3.52. The van der Waals surface area contributed by atoms with E-state index in [1.807, 2.05) is 6.07 Å². The first-order valence-electron chi connectivity index (χ1n) is 8.81. The van der Waals surface area contributed by atoms with Crippen LogP contribution in [-0.4, -0.2) is 43.2 Å². The number of nitrogens with one attached hydrogen (secondary N) is 2. The molecule has 0 saturated heterocycles. The molecule has 1 aliphatic rings. The van der Waals surface area contributed by atoms with Gasteiger partial charge in [0.1, 0.15) is 11.8 Å². The fourth-order valence-corrected chi connectivity index (χ4v) is 4.39. The number of hydrogen-bond acceptors (Lipinski definition) is 4. The third kappa shape index (κ3) is 6.76. The van der Waals surface area contributed by atoms with Crippen molar-refractivity contribution in [3.05, 3.63) is 35.9 Å². The minimum absolute atomic E-state index is 0.0932. The summed E-state index contributed by atoms with van der Waals surface area (Å²) in [6.45, 7) is 2.14. The zero-order valence-electron chi connectivity index (χ0n) is 14.8. The number of benzene rings is 1. The maximum atomic E-state index is 12.2. The van der Waals surface area contributed by atoms with E-state index in [0.29, 0.717) is 5.92 Å². The summed E-state index contributed by atoms with van der Waals surface area (Å²) in [5.41, 5.74) is 0.748. The summed E-state index contributed by atoms with van der Waals surface area (Å²) in [5, 5.41) is 11.6. The standard InChI is InChI=1S/C18H26N2O5S/c1-13-7-9-15(10-8-13)20-26(24,25)12-17(21)19-16(18(22)23)11-14-5-3-2-4-6-14/h2-6,13,15-16,20H,7-12H2,1H3,(H,19,21)(H,22,23)/t13?,15?,16-/m0/s1. The summed E-state index contributed by atoms with van der Waals surface area (Å²) >= 11 is 0. The van der Waals surface area contributed by atoms with E-state index >= 15 is 0 Å². The Balaban J connectivity index is 1.89. The quantitative estimate of drug-likeness (QED) is 0.627. The molecule has 1 aliphatic carbocycles. The molecule has 0 heterocycles. The van der Waals surface area contributed by atoms with Gasteiger partial charge in [-0.05, 0) is 37.2 Å². The molecule has 0 unspecified atom stereocenters. The van der Waals surface area contributed by atoms with Gasteiger partial charge in [-0.3, -0.25) is 4.79 Å². The van der Waals surface area contributed by atoms with Crippen molar-refractivity contribution in [2.45, 2.75) is 51.1 Å². The Labute approximate surface area is 154 Å². The third-order valence-corrected chi connectivity index (χ3v) is 5.93. The maximum Gasteiger partial charge on any atom is 0.326 e. The molecule has 1 aromatic carbocycles. The van der Waals surface area contributed by atoms with E-state index in [4.69, 9.17) is 0 Å². The Hall–Kier alpha value is -1.93. The summed E-state index contributed by atoms with van der Waals surface area (Å²) in [5.74, 6) is -2.19. The summed E-state index contributed by atoms with van der Waals surface area (Å²) in [6, 6.07) is 7.54. The van der Waals surface area contributed by atoms with Crippen molar-refractivity contribution in [3.63, 3.8) is 0 Å². The van der Waals surface area contributed by atoms with Crippen LogP contribution in [0.2, 0.25) is 0 Å². The second kappa shape index (κ2) is 9.14. The monoisotopic (exact) mass is 382 g/mol. The van der Waals surface area contributed by atoms with Gasteiger partial charge >= 0.3 is 5.97 Å². The van der Waals surface area contributed by atoms with Crippen molar-refractivity contribution >= 4 is 21.9 Å². The molecule has 8 heteroatoms. The summed E-state index contributed by atoms with van der Waals surface area (Å²) < 4.78 is 26.9. The van der Waals surface area contributed by atoms with Crippen LogP contribution < -0.4 is 10.0 Å². The van der Waals surface area contributed by atoms with Gasteiger partial charge in [0.25, 0.3) is 0 Å². The molecule has 1 amide bonds. The van der Waals surface area contributed by atoms with Crippen molar-refractivity contribution in [1.29, 1.82) is 0 Å². The highest BCUT2D eigenvalue weighted by Crippen LogP contribution is 2.23.